The number of amides is 2. The van der Waals surface area contributed by atoms with Crippen molar-refractivity contribution in [1.29, 1.82) is 0 Å². The number of carbonyl (C=O) groups excluding carboxylic acids is 3. The molecule has 0 heterocycles. The van der Waals surface area contributed by atoms with Gasteiger partial charge in [0, 0.05) is 13.0 Å². The number of hydrogen-bond donors (Lipinski definition) is 2. The molecule has 0 atom stereocenters. The minimum Gasteiger partial charge on any atom is -0.490 e. The third-order valence-corrected chi connectivity index (χ3v) is 4.97. The summed E-state index contributed by atoms with van der Waals surface area (Å²) >= 11 is 5.99. The lowest BCUT2D eigenvalue weighted by Crippen LogP contribution is -2.29. The standard InChI is InChI=1S/C26H24ClN3O5/c1-2-34-23-16-18(12-13-22(23)35-26(33)19-8-4-3-5-9-19)17-29-30-24(31)14-15-28-25(32)20-10-6-7-11-21(20)27/h3-13,16-17H,2,14-15H2,1H3,(H,28,32)(H,30,31). The molecule has 0 saturated carbocycles. The van der Waals surface area contributed by atoms with Gasteiger partial charge in [-0.1, -0.05) is 41.9 Å². The topological polar surface area (TPSA) is 106 Å². The molecule has 0 aromatic heterocycles. The SMILES string of the molecule is CCOc1cc(C=NNC(=O)CCNC(=O)c2ccccc2Cl)ccc1OC(=O)c1ccccc1. The Morgan fingerprint density at radius 1 is 0.971 bits per heavy atom. The van der Waals surface area contributed by atoms with Crippen LogP contribution in [-0.4, -0.2) is 37.1 Å². The van der Waals surface area contributed by atoms with E-state index in [0.717, 1.165) is 0 Å². The van der Waals surface area contributed by atoms with Gasteiger partial charge in [-0.3, -0.25) is 9.59 Å². The number of ether oxygens (including phenoxy) is 2. The maximum atomic E-state index is 12.3. The summed E-state index contributed by atoms with van der Waals surface area (Å²) in [5.41, 5.74) is 3.79. The molecule has 9 heteroatoms. The molecular weight excluding hydrogens is 470 g/mol. The molecule has 3 aromatic carbocycles. The van der Waals surface area contributed by atoms with Gasteiger partial charge in [-0.15, -0.1) is 0 Å². The van der Waals surface area contributed by atoms with Crippen LogP contribution >= 0.6 is 11.6 Å². The van der Waals surface area contributed by atoms with E-state index in [4.69, 9.17) is 21.1 Å². The number of benzene rings is 3. The largest absolute Gasteiger partial charge is 0.490 e. The van der Waals surface area contributed by atoms with Crippen molar-refractivity contribution in [3.8, 4) is 11.5 Å². The van der Waals surface area contributed by atoms with Crippen molar-refractivity contribution in [2.24, 2.45) is 5.10 Å². The molecule has 35 heavy (non-hydrogen) atoms. The lowest BCUT2D eigenvalue weighted by atomic mass is 10.2. The minimum absolute atomic E-state index is 0.0338. The predicted octanol–water partition coefficient (Wildman–Crippen LogP) is 4.23. The van der Waals surface area contributed by atoms with Crippen LogP contribution in [0.2, 0.25) is 5.02 Å². The molecular formula is C26H24ClN3O5. The Bertz CT molecular complexity index is 1210. The third kappa shape index (κ3) is 7.68. The maximum Gasteiger partial charge on any atom is 0.343 e. The zero-order valence-corrected chi connectivity index (χ0v) is 19.7. The highest BCUT2D eigenvalue weighted by molar-refractivity contribution is 6.33. The summed E-state index contributed by atoms with van der Waals surface area (Å²) in [5.74, 6) is -0.588. The first-order valence-electron chi connectivity index (χ1n) is 10.9. The summed E-state index contributed by atoms with van der Waals surface area (Å²) in [6.07, 6.45) is 1.47. The summed E-state index contributed by atoms with van der Waals surface area (Å²) in [6, 6.07) is 20.2. The van der Waals surface area contributed by atoms with Crippen LogP contribution in [0.5, 0.6) is 11.5 Å². The highest BCUT2D eigenvalue weighted by atomic mass is 35.5. The van der Waals surface area contributed by atoms with E-state index in [1.54, 1.807) is 66.7 Å². The summed E-state index contributed by atoms with van der Waals surface area (Å²) in [6.45, 7) is 2.31. The number of hydrazone groups is 1. The van der Waals surface area contributed by atoms with Gasteiger partial charge in [-0.2, -0.15) is 5.10 Å². The molecule has 3 rings (SSSR count). The van der Waals surface area contributed by atoms with Crippen LogP contribution in [0.3, 0.4) is 0 Å². The molecule has 0 unspecified atom stereocenters. The average Bonchev–Trinajstić information content (AvgIpc) is 2.86. The van der Waals surface area contributed by atoms with E-state index in [1.165, 1.54) is 6.21 Å². The quantitative estimate of drug-likeness (QED) is 0.190. The van der Waals surface area contributed by atoms with E-state index in [9.17, 15) is 14.4 Å². The number of carbonyl (C=O) groups is 3. The molecule has 180 valence electrons. The lowest BCUT2D eigenvalue weighted by Gasteiger charge is -2.11. The summed E-state index contributed by atoms with van der Waals surface area (Å²) in [4.78, 5) is 36.5. The van der Waals surface area contributed by atoms with Crippen molar-refractivity contribution in [1.82, 2.24) is 10.7 Å². The fraction of sp³-hybridized carbons (Fsp3) is 0.154. The van der Waals surface area contributed by atoms with Crippen LogP contribution in [0, 0.1) is 0 Å². The Kier molecular flexibility index (Phi) is 9.39. The smallest absolute Gasteiger partial charge is 0.343 e. The van der Waals surface area contributed by atoms with Gasteiger partial charge in [0.2, 0.25) is 5.91 Å². The normalized spacial score (nSPS) is 10.6. The fourth-order valence-corrected chi connectivity index (χ4v) is 3.18. The first-order valence-corrected chi connectivity index (χ1v) is 11.2. The summed E-state index contributed by atoms with van der Waals surface area (Å²) < 4.78 is 11.1. The van der Waals surface area contributed by atoms with E-state index in [1.807, 2.05) is 13.0 Å². The number of hydrogen-bond acceptors (Lipinski definition) is 6. The highest BCUT2D eigenvalue weighted by Gasteiger charge is 2.13. The van der Waals surface area contributed by atoms with Crippen LogP contribution in [0.4, 0.5) is 0 Å². The first-order chi connectivity index (χ1) is 17.0. The van der Waals surface area contributed by atoms with E-state index in [-0.39, 0.29) is 30.5 Å². The van der Waals surface area contributed by atoms with E-state index < -0.39 is 5.97 Å². The molecule has 0 aliphatic rings. The molecule has 2 amide bonds. The number of nitrogens with one attached hydrogen (secondary N) is 2. The van der Waals surface area contributed by atoms with Crippen molar-refractivity contribution in [2.45, 2.75) is 13.3 Å². The molecule has 3 aromatic rings. The van der Waals surface area contributed by atoms with Gasteiger partial charge in [-0.25, -0.2) is 10.2 Å². The summed E-state index contributed by atoms with van der Waals surface area (Å²) in [7, 11) is 0. The maximum absolute atomic E-state index is 12.3. The van der Waals surface area contributed by atoms with Gasteiger partial charge in [0.25, 0.3) is 5.91 Å². The Hall–Kier alpha value is -4.17. The average molecular weight is 494 g/mol. The van der Waals surface area contributed by atoms with Gasteiger partial charge in [0.05, 0.1) is 29.0 Å². The molecule has 0 saturated heterocycles. The van der Waals surface area contributed by atoms with Crippen molar-refractivity contribution in [3.63, 3.8) is 0 Å². The van der Waals surface area contributed by atoms with Gasteiger partial charge < -0.3 is 14.8 Å². The molecule has 0 aliphatic heterocycles. The first kappa shape index (κ1) is 25.5. The zero-order valence-electron chi connectivity index (χ0n) is 19.0. The Labute approximate surface area is 207 Å². The van der Waals surface area contributed by atoms with Crippen LogP contribution in [0.1, 0.15) is 39.6 Å². The van der Waals surface area contributed by atoms with Gasteiger partial charge in [0.1, 0.15) is 0 Å². The molecule has 0 spiro atoms. The molecule has 0 radical (unpaired) electrons. The van der Waals surface area contributed by atoms with Gasteiger partial charge in [-0.05, 0) is 55.0 Å². The number of nitrogens with zero attached hydrogens (tertiary/aromatic N) is 1. The molecule has 0 fully saturated rings. The Balaban J connectivity index is 1.52. The molecule has 0 aliphatic carbocycles. The van der Waals surface area contributed by atoms with Crippen molar-refractivity contribution >= 4 is 35.6 Å². The number of halogens is 1. The fourth-order valence-electron chi connectivity index (χ4n) is 2.96. The summed E-state index contributed by atoms with van der Waals surface area (Å²) in [5, 5.41) is 6.91. The van der Waals surface area contributed by atoms with Gasteiger partial charge in [0.15, 0.2) is 11.5 Å². The Morgan fingerprint density at radius 3 is 2.46 bits per heavy atom. The van der Waals surface area contributed by atoms with E-state index in [0.29, 0.717) is 34.1 Å². The van der Waals surface area contributed by atoms with Crippen molar-refractivity contribution in [2.75, 3.05) is 13.2 Å². The molecule has 2 N–H and O–H groups in total. The second kappa shape index (κ2) is 12.9. The Morgan fingerprint density at radius 2 is 1.71 bits per heavy atom. The van der Waals surface area contributed by atoms with Crippen molar-refractivity contribution in [3.05, 3.63) is 94.5 Å². The molecule has 0 bridgehead atoms. The predicted molar refractivity (Wildman–Crippen MR) is 133 cm³/mol. The van der Waals surface area contributed by atoms with Crippen LogP contribution in [0.15, 0.2) is 77.9 Å². The monoisotopic (exact) mass is 493 g/mol. The van der Waals surface area contributed by atoms with Gasteiger partial charge >= 0.3 is 5.97 Å². The van der Waals surface area contributed by atoms with E-state index >= 15 is 0 Å². The third-order valence-electron chi connectivity index (χ3n) is 4.64. The second-order valence-corrected chi connectivity index (χ2v) is 7.58. The van der Waals surface area contributed by atoms with Crippen molar-refractivity contribution < 1.29 is 23.9 Å². The van der Waals surface area contributed by atoms with Crippen LogP contribution in [0.25, 0.3) is 0 Å². The minimum atomic E-state index is -0.498. The second-order valence-electron chi connectivity index (χ2n) is 7.17. The molecule has 8 nitrogen and oxygen atoms in total. The number of rotatable bonds is 10. The van der Waals surface area contributed by atoms with Crippen LogP contribution in [-0.2, 0) is 4.79 Å². The van der Waals surface area contributed by atoms with Crippen LogP contribution < -0.4 is 20.2 Å². The highest BCUT2D eigenvalue weighted by Crippen LogP contribution is 2.29. The number of esters is 1. The van der Waals surface area contributed by atoms with E-state index in [2.05, 4.69) is 15.8 Å². The zero-order chi connectivity index (χ0) is 25.0. The lowest BCUT2D eigenvalue weighted by molar-refractivity contribution is -0.120.